The van der Waals surface area contributed by atoms with Crippen molar-refractivity contribution in [2.75, 3.05) is 0 Å². The van der Waals surface area contributed by atoms with Crippen molar-refractivity contribution in [1.82, 2.24) is 0 Å². The van der Waals surface area contributed by atoms with Crippen LogP contribution in [0.1, 0.15) is 114 Å². The maximum atomic E-state index is 2.30. The highest BCUT2D eigenvalue weighted by Crippen LogP contribution is 2.34. The van der Waals surface area contributed by atoms with Crippen LogP contribution < -0.4 is 0 Å². The van der Waals surface area contributed by atoms with E-state index < -0.39 is 0 Å². The molecule has 29 heavy (non-hydrogen) atoms. The second kappa shape index (κ2) is 17.0. The molecule has 0 aliphatic heterocycles. The molecule has 1 aliphatic carbocycles. The van der Waals surface area contributed by atoms with Gasteiger partial charge in [0.2, 0.25) is 0 Å². The van der Waals surface area contributed by atoms with Crippen molar-refractivity contribution in [1.29, 1.82) is 0 Å². The molecule has 0 nitrogen and oxygen atoms in total. The molecule has 0 saturated heterocycles. The molecule has 2 rings (SSSR count). The van der Waals surface area contributed by atoms with E-state index >= 15 is 0 Å². The minimum absolute atomic E-state index is 0.522. The Kier molecular flexibility index (Phi) is 17.8. The topological polar surface area (TPSA) is 0 Å². The molecule has 172 valence electrons. The second-order valence-electron chi connectivity index (χ2n) is 12.0. The van der Waals surface area contributed by atoms with Crippen LogP contribution in [0.5, 0.6) is 0 Å². The molecular weight excluding hydrogens is 348 g/mol. The maximum Gasteiger partial charge on any atom is -0.0256 e. The van der Waals surface area contributed by atoms with Gasteiger partial charge >= 0.3 is 0 Å². The fraction of sp³-hybridized carbons (Fsp3) is 0.793. The number of hydrogen-bond donors (Lipinski definition) is 0. The summed E-state index contributed by atoms with van der Waals surface area (Å²) >= 11 is 0. The first-order valence-corrected chi connectivity index (χ1v) is 12.3. The van der Waals surface area contributed by atoms with E-state index in [0.717, 1.165) is 29.6 Å². The first-order chi connectivity index (χ1) is 13.2. The van der Waals surface area contributed by atoms with Gasteiger partial charge in [-0.05, 0) is 59.8 Å². The van der Waals surface area contributed by atoms with Crippen LogP contribution in [0.2, 0.25) is 0 Å². The Morgan fingerprint density at radius 3 is 1.38 bits per heavy atom. The predicted molar refractivity (Wildman–Crippen MR) is 137 cm³/mol. The van der Waals surface area contributed by atoms with E-state index in [1.807, 2.05) is 0 Å². The molecular formula is C29H56. The zero-order valence-electron chi connectivity index (χ0n) is 22.3. The van der Waals surface area contributed by atoms with Crippen molar-refractivity contribution in [2.24, 2.45) is 35.0 Å². The summed E-state index contributed by atoms with van der Waals surface area (Å²) in [5.41, 5.74) is 1.96. The van der Waals surface area contributed by atoms with Gasteiger partial charge in [0.1, 0.15) is 0 Å². The van der Waals surface area contributed by atoms with Crippen molar-refractivity contribution >= 4 is 0 Å². The quantitative estimate of drug-likeness (QED) is 0.458. The predicted octanol–water partition coefficient (Wildman–Crippen LogP) is 10.1. The normalized spacial score (nSPS) is 13.4. The minimum Gasteiger partial charge on any atom is -0.0630 e. The van der Waals surface area contributed by atoms with Crippen molar-refractivity contribution in [3.8, 4) is 0 Å². The highest BCUT2D eigenvalue weighted by atomic mass is 14.3. The molecule has 1 aliphatic rings. The Morgan fingerprint density at radius 1 is 0.724 bits per heavy atom. The molecule has 0 spiro atoms. The molecule has 1 saturated carbocycles. The first-order valence-electron chi connectivity index (χ1n) is 12.3. The average Bonchev–Trinajstić information content (AvgIpc) is 3.29. The van der Waals surface area contributed by atoms with Crippen molar-refractivity contribution in [3.63, 3.8) is 0 Å². The molecule has 1 fully saturated rings. The molecule has 0 heterocycles. The Balaban J connectivity index is 0. The molecule has 1 aromatic rings. The summed E-state index contributed by atoms with van der Waals surface area (Å²) in [6, 6.07) is 10.6. The van der Waals surface area contributed by atoms with E-state index in [2.05, 4.69) is 113 Å². The van der Waals surface area contributed by atoms with Gasteiger partial charge < -0.3 is 0 Å². The second-order valence-corrected chi connectivity index (χ2v) is 12.0. The van der Waals surface area contributed by atoms with Gasteiger partial charge in [-0.1, -0.05) is 126 Å². The van der Waals surface area contributed by atoms with Gasteiger partial charge in [-0.25, -0.2) is 0 Å². The molecule has 0 amide bonds. The van der Waals surface area contributed by atoms with Crippen LogP contribution in [0.25, 0.3) is 0 Å². The fourth-order valence-corrected chi connectivity index (χ4v) is 3.33. The monoisotopic (exact) mass is 404 g/mol. The van der Waals surface area contributed by atoms with Crippen LogP contribution >= 0.6 is 0 Å². The third kappa shape index (κ3) is 32.1. The highest BCUT2D eigenvalue weighted by molar-refractivity contribution is 5.14. The van der Waals surface area contributed by atoms with E-state index in [1.165, 1.54) is 37.7 Å². The van der Waals surface area contributed by atoms with Gasteiger partial charge in [0, 0.05) is 0 Å². The Hall–Kier alpha value is -0.780. The van der Waals surface area contributed by atoms with Crippen molar-refractivity contribution in [3.05, 3.63) is 35.9 Å². The molecule has 0 aromatic heterocycles. The van der Waals surface area contributed by atoms with E-state index in [4.69, 9.17) is 0 Å². The van der Waals surface area contributed by atoms with Gasteiger partial charge in [0.25, 0.3) is 0 Å². The van der Waals surface area contributed by atoms with Gasteiger partial charge in [0.05, 0.1) is 0 Å². The van der Waals surface area contributed by atoms with E-state index in [-0.39, 0.29) is 0 Å². The van der Waals surface area contributed by atoms with Crippen LogP contribution in [0.15, 0.2) is 30.3 Å². The number of rotatable bonds is 5. The highest BCUT2D eigenvalue weighted by Gasteiger charge is 2.21. The number of benzene rings is 1. The van der Waals surface area contributed by atoms with Crippen LogP contribution in [-0.2, 0) is 6.42 Å². The van der Waals surface area contributed by atoms with Crippen LogP contribution in [0.3, 0.4) is 0 Å². The first kappa shape index (κ1) is 30.4. The largest absolute Gasteiger partial charge is 0.0630 e. The third-order valence-electron chi connectivity index (χ3n) is 4.01. The van der Waals surface area contributed by atoms with Gasteiger partial charge in [-0.15, -0.1) is 0 Å². The summed E-state index contributed by atoms with van der Waals surface area (Å²) in [6.45, 7) is 27.0. The van der Waals surface area contributed by atoms with Crippen LogP contribution in [-0.4, -0.2) is 0 Å². The summed E-state index contributed by atoms with van der Waals surface area (Å²) in [4.78, 5) is 0. The molecule has 0 atom stereocenters. The number of hydrogen-bond acceptors (Lipinski definition) is 0. The molecule has 0 radical (unpaired) electrons. The lowest BCUT2D eigenvalue weighted by Crippen LogP contribution is -2.08. The van der Waals surface area contributed by atoms with Crippen LogP contribution in [0.4, 0.5) is 0 Å². The zero-order valence-corrected chi connectivity index (χ0v) is 22.3. The Morgan fingerprint density at radius 2 is 1.17 bits per heavy atom. The molecule has 0 unspecified atom stereocenters. The lowest BCUT2D eigenvalue weighted by Gasteiger charge is -2.19. The molecule has 0 N–H and O–H groups in total. The third-order valence-corrected chi connectivity index (χ3v) is 4.01. The lowest BCUT2D eigenvalue weighted by atomic mass is 9.86. The summed E-state index contributed by atoms with van der Waals surface area (Å²) in [5, 5.41) is 0. The Bertz CT molecular complexity index is 438. The molecule has 1 aromatic carbocycles. The minimum atomic E-state index is 0.522. The summed E-state index contributed by atoms with van der Waals surface area (Å²) in [7, 11) is 0. The summed E-state index contributed by atoms with van der Waals surface area (Å²) in [6.07, 6.45) is 7.02. The standard InChI is InChI=1S/C10H14.C8H18.C7H14.C4H10/c1-9(2)8-10-6-4-3-5-7-10;1-7(2)6-8(3,4)5;1-6(2)5-7-3-4-7;1-4(2)3/h3-7,9H,8H2,1-2H3;7H,6H2,1-5H3;6-7H,3-5H2,1-2H3;4H,1-3H3. The van der Waals surface area contributed by atoms with E-state index in [0.29, 0.717) is 5.41 Å². The van der Waals surface area contributed by atoms with E-state index in [9.17, 15) is 0 Å². The lowest BCUT2D eigenvalue weighted by molar-refractivity contribution is 0.320. The molecule has 0 heteroatoms. The smallest absolute Gasteiger partial charge is 0.0256 e. The summed E-state index contributed by atoms with van der Waals surface area (Å²) in [5.74, 6) is 4.50. The molecule has 0 bridgehead atoms. The van der Waals surface area contributed by atoms with Gasteiger partial charge in [-0.2, -0.15) is 0 Å². The van der Waals surface area contributed by atoms with Gasteiger partial charge in [0.15, 0.2) is 0 Å². The van der Waals surface area contributed by atoms with Gasteiger partial charge in [-0.3, -0.25) is 0 Å². The average molecular weight is 405 g/mol. The zero-order chi connectivity index (χ0) is 23.0. The Labute approximate surface area is 186 Å². The SMILES string of the molecule is CC(C)C.CC(C)CC(C)(C)C.CC(C)CC1CC1.CC(C)Cc1ccccc1. The maximum absolute atomic E-state index is 2.30. The van der Waals surface area contributed by atoms with Crippen molar-refractivity contribution < 1.29 is 0 Å². The van der Waals surface area contributed by atoms with E-state index in [1.54, 1.807) is 0 Å². The van der Waals surface area contributed by atoms with Crippen molar-refractivity contribution in [2.45, 2.75) is 115 Å². The summed E-state index contributed by atoms with van der Waals surface area (Å²) < 4.78 is 0. The fourth-order valence-electron chi connectivity index (χ4n) is 3.33. The van der Waals surface area contributed by atoms with Crippen LogP contribution in [0, 0.1) is 35.0 Å².